The van der Waals surface area contributed by atoms with Crippen LogP contribution in [0.4, 0.5) is 45.5 Å². The normalized spacial score (nSPS) is 12.2. The number of benzene rings is 9. The number of anilines is 2. The van der Waals surface area contributed by atoms with Crippen LogP contribution in [0.5, 0.6) is 11.5 Å². The maximum absolute atomic E-state index is 12.6. The summed E-state index contributed by atoms with van der Waals surface area (Å²) in [6.07, 6.45) is 0. The van der Waals surface area contributed by atoms with Crippen molar-refractivity contribution in [3.8, 4) is 11.5 Å². The molecule has 9 aromatic carbocycles. The molecule has 0 fully saturated rings. The predicted octanol–water partition coefficient (Wildman–Crippen LogP) is -1.67. The summed E-state index contributed by atoms with van der Waals surface area (Å²) < 4.78 is 148. The number of aromatic hydroxyl groups is 2. The van der Waals surface area contributed by atoms with Crippen molar-refractivity contribution in [3.05, 3.63) is 146 Å². The molecule has 0 atom stereocenters. The van der Waals surface area contributed by atoms with Gasteiger partial charge in [0.15, 0.2) is 5.75 Å². The molecule has 0 aliphatic rings. The van der Waals surface area contributed by atoms with Gasteiger partial charge < -0.3 is 33.7 Å². The minimum atomic E-state index is -5.33. The molecule has 0 amide bonds. The molecule has 0 aromatic heterocycles. The quantitative estimate of drug-likeness (QED) is 0.0700. The van der Waals surface area contributed by atoms with E-state index in [4.69, 9.17) is 0 Å². The van der Waals surface area contributed by atoms with Crippen LogP contribution < -0.4 is 124 Å². The van der Waals surface area contributed by atoms with Crippen molar-refractivity contribution < 1.29 is 180 Å². The van der Waals surface area contributed by atoms with E-state index in [9.17, 15) is 62.1 Å². The minimum absolute atomic E-state index is 0. The van der Waals surface area contributed by atoms with Gasteiger partial charge in [0.25, 0.3) is 0 Å². The molecule has 0 unspecified atom stereocenters. The van der Waals surface area contributed by atoms with Crippen LogP contribution in [-0.2, 0) is 40.5 Å². The van der Waals surface area contributed by atoms with Crippen LogP contribution in [0, 0.1) is 0 Å². The summed E-state index contributed by atoms with van der Waals surface area (Å²) >= 11 is 0. The summed E-state index contributed by atoms with van der Waals surface area (Å²) in [6.45, 7) is 0. The molecule has 0 aliphatic carbocycles. The van der Waals surface area contributed by atoms with E-state index in [2.05, 4.69) is 36.0 Å². The average molecular weight is 1120 g/mol. The van der Waals surface area contributed by atoms with Gasteiger partial charge in [0.2, 0.25) is 0 Å². The van der Waals surface area contributed by atoms with Crippen LogP contribution in [0.2, 0.25) is 0 Å². The zero-order valence-electron chi connectivity index (χ0n) is 39.5. The van der Waals surface area contributed by atoms with E-state index in [-0.39, 0.29) is 184 Å². The van der Waals surface area contributed by atoms with Crippen molar-refractivity contribution in [1.29, 1.82) is 0 Å². The fourth-order valence-corrected chi connectivity index (χ4v) is 10.1. The Morgan fingerprint density at radius 3 is 1.32 bits per heavy atom. The fraction of sp³-hybridized carbons (Fsp3) is 0. The van der Waals surface area contributed by atoms with Crippen molar-refractivity contribution in [2.24, 2.45) is 30.7 Å². The van der Waals surface area contributed by atoms with Crippen molar-refractivity contribution in [2.75, 3.05) is 5.32 Å². The maximum atomic E-state index is 12.6. The van der Waals surface area contributed by atoms with Crippen LogP contribution in [-0.4, -0.2) is 62.1 Å². The Hall–Kier alpha value is -4.14. The van der Waals surface area contributed by atoms with Crippen molar-refractivity contribution in [3.63, 3.8) is 0 Å². The van der Waals surface area contributed by atoms with Gasteiger partial charge >= 0.3 is 118 Å². The molecule has 29 heteroatoms. The van der Waals surface area contributed by atoms with Gasteiger partial charge in [0.05, 0.1) is 42.3 Å². The molecule has 0 spiro atoms. The number of nitrogens with one attached hydrogen (secondary N) is 1. The standard InChI is InChI=1S/C46H31N7O14S4.4Na/c54-42-24-41(46(71(65,66)67)34-9-5-4-8-33(34)42)52-49-38-16-18-39(35-22-28(68(56,57)58)11-14-31(35)38)50-48-37-17-19-40(36-23-29(69(59,60)61)12-15-32(36)37)51-53-44-43(70(62,63)64)21-25-20-27(10-13-30(25)45(44)55)47-26-6-2-1-3-7-26;;;;/h1-24,47,54-55H,(H,56,57,58)(H,59,60,61)(H,62,63,64)(H,65,66,67);;;;/q;4*+1/p-4. The third-order valence-electron chi connectivity index (χ3n) is 10.8. The van der Waals surface area contributed by atoms with Crippen LogP contribution in [0.3, 0.4) is 0 Å². The molecule has 0 bridgehead atoms. The first kappa shape index (κ1) is 61.7. The van der Waals surface area contributed by atoms with Gasteiger partial charge in [-0.3, -0.25) is 0 Å². The Labute approximate surface area is 515 Å². The van der Waals surface area contributed by atoms with Crippen molar-refractivity contribution in [2.45, 2.75) is 19.6 Å². The topological polar surface area (TPSA) is 355 Å². The molecule has 0 aliphatic heterocycles. The Morgan fingerprint density at radius 1 is 0.373 bits per heavy atom. The van der Waals surface area contributed by atoms with E-state index in [1.807, 2.05) is 6.07 Å². The minimum Gasteiger partial charge on any atom is -0.744 e. The number of para-hydroxylation sites is 1. The second-order valence-electron chi connectivity index (χ2n) is 15.3. The maximum Gasteiger partial charge on any atom is 1.00 e. The van der Waals surface area contributed by atoms with E-state index in [1.54, 1.807) is 30.3 Å². The fourth-order valence-electron chi connectivity index (χ4n) is 7.63. The number of hydrogen-bond acceptors (Lipinski definition) is 21. The Bertz CT molecular complexity index is 4310. The van der Waals surface area contributed by atoms with Gasteiger partial charge in [0.1, 0.15) is 57.6 Å². The summed E-state index contributed by atoms with van der Waals surface area (Å²) in [7, 11) is -20.7. The molecule has 358 valence electrons. The summed E-state index contributed by atoms with van der Waals surface area (Å²) in [4.78, 5) is -3.15. The first-order valence-electron chi connectivity index (χ1n) is 20.1. The SMILES string of the molecule is O=S(=O)([O-])c1ccc2c(N=Nc3ccc(N=Nc4cc(O)c5ccccc5c4S(=O)(=O)[O-])c4ccc(S(=O)(=O)[O-])cc34)ccc(N=Nc3c(S(=O)(=O)[O-])cc4cc(Nc5ccccc5)ccc4c3O)c2c1.[Na+].[Na+].[Na+].[Na+]. The number of phenolic OH excluding ortho intramolecular Hbond substituents is 2. The van der Waals surface area contributed by atoms with E-state index < -0.39 is 82.9 Å². The van der Waals surface area contributed by atoms with Crippen LogP contribution in [0.1, 0.15) is 0 Å². The van der Waals surface area contributed by atoms with Crippen LogP contribution in [0.25, 0.3) is 43.1 Å². The molecule has 0 saturated carbocycles. The summed E-state index contributed by atoms with van der Waals surface area (Å²) in [5.74, 6) is -1.15. The second kappa shape index (κ2) is 24.3. The van der Waals surface area contributed by atoms with E-state index in [0.29, 0.717) is 11.4 Å². The summed E-state index contributed by atoms with van der Waals surface area (Å²) in [5.41, 5.74) is -0.473. The second-order valence-corrected chi connectivity index (χ2v) is 20.8. The van der Waals surface area contributed by atoms with Gasteiger partial charge in [0, 0.05) is 55.1 Å². The Morgan fingerprint density at radius 2 is 0.827 bits per heavy atom. The van der Waals surface area contributed by atoms with Gasteiger partial charge in [-0.05, 0) is 90.3 Å². The molecule has 0 heterocycles. The Kier molecular flexibility index (Phi) is 20.0. The van der Waals surface area contributed by atoms with Crippen LogP contribution in [0.15, 0.2) is 196 Å². The first-order chi connectivity index (χ1) is 33.5. The Balaban J connectivity index is 0.00000260. The van der Waals surface area contributed by atoms with E-state index in [1.165, 1.54) is 72.8 Å². The molecule has 9 aromatic rings. The number of hydrogen-bond donors (Lipinski definition) is 3. The number of azo groups is 3. The zero-order chi connectivity index (χ0) is 50.6. The van der Waals surface area contributed by atoms with E-state index >= 15 is 0 Å². The molecule has 75 heavy (non-hydrogen) atoms. The molecular formula is C46H27N7Na4O14S4. The largest absolute Gasteiger partial charge is 1.00 e. The molecule has 0 radical (unpaired) electrons. The summed E-state index contributed by atoms with van der Waals surface area (Å²) in [5, 5.41) is 49.8. The molecule has 0 saturated heterocycles. The van der Waals surface area contributed by atoms with E-state index in [0.717, 1.165) is 36.4 Å². The molecule has 9 rings (SSSR count). The third-order valence-corrected chi connectivity index (χ3v) is 14.3. The smallest absolute Gasteiger partial charge is 0.744 e. The first-order valence-corrected chi connectivity index (χ1v) is 25.8. The predicted molar refractivity (Wildman–Crippen MR) is 253 cm³/mol. The monoisotopic (exact) mass is 1120 g/mol. The van der Waals surface area contributed by atoms with Gasteiger partial charge in [-0.15, -0.1) is 30.7 Å². The number of rotatable bonds is 12. The molecular weight excluding hydrogens is 1090 g/mol. The third kappa shape index (κ3) is 13.4. The van der Waals surface area contributed by atoms with Crippen molar-refractivity contribution >= 4 is 129 Å². The number of phenols is 2. The van der Waals surface area contributed by atoms with Crippen molar-refractivity contribution in [1.82, 2.24) is 0 Å². The zero-order valence-corrected chi connectivity index (χ0v) is 50.7. The van der Waals surface area contributed by atoms with Gasteiger partial charge in [-0.1, -0.05) is 54.6 Å². The van der Waals surface area contributed by atoms with Gasteiger partial charge in [-0.2, -0.15) is 0 Å². The number of nitrogens with zero attached hydrogens (tertiary/aromatic N) is 6. The molecule has 3 N–H and O–H groups in total. The molecule has 21 nitrogen and oxygen atoms in total. The number of fused-ring (bicyclic) bond motifs is 4. The average Bonchev–Trinajstić information content (AvgIpc) is 3.31. The summed E-state index contributed by atoms with van der Waals surface area (Å²) in [6, 6.07) is 32.4. The van der Waals surface area contributed by atoms with Crippen LogP contribution >= 0.6 is 0 Å². The van der Waals surface area contributed by atoms with Gasteiger partial charge in [-0.25, -0.2) is 33.7 Å².